The fourth-order valence-corrected chi connectivity index (χ4v) is 2.27. The average Bonchev–Trinajstić information content (AvgIpc) is 2.47. The van der Waals surface area contributed by atoms with Crippen molar-refractivity contribution >= 4 is 5.91 Å². The van der Waals surface area contributed by atoms with Crippen molar-refractivity contribution in [1.29, 1.82) is 0 Å². The molecule has 1 aliphatic heterocycles. The standard InChI is InChI=1S/C14H19FN2O3/c1-19-12-6-10(11(15)7-13(12)20-2)14(18)17-9-4-3-5-16-8-9/h6-7,9,16H,3-5,8H2,1-2H3,(H,17,18). The molecule has 2 rings (SSSR count). The Morgan fingerprint density at radius 2 is 2.05 bits per heavy atom. The molecule has 2 N–H and O–H groups in total. The Morgan fingerprint density at radius 1 is 1.35 bits per heavy atom. The molecule has 6 heteroatoms. The topological polar surface area (TPSA) is 59.6 Å². The molecule has 0 saturated carbocycles. The number of hydrogen-bond acceptors (Lipinski definition) is 4. The van der Waals surface area contributed by atoms with Gasteiger partial charge >= 0.3 is 0 Å². The van der Waals surface area contributed by atoms with Crippen molar-refractivity contribution in [1.82, 2.24) is 10.6 Å². The van der Waals surface area contributed by atoms with Crippen molar-refractivity contribution in [3.63, 3.8) is 0 Å². The van der Waals surface area contributed by atoms with Crippen LogP contribution in [0.2, 0.25) is 0 Å². The monoisotopic (exact) mass is 282 g/mol. The molecule has 110 valence electrons. The van der Waals surface area contributed by atoms with Crippen LogP contribution in [0.25, 0.3) is 0 Å². The van der Waals surface area contributed by atoms with Gasteiger partial charge in [-0.3, -0.25) is 4.79 Å². The fourth-order valence-electron chi connectivity index (χ4n) is 2.27. The summed E-state index contributed by atoms with van der Waals surface area (Å²) in [5.74, 6) is -0.456. The Morgan fingerprint density at radius 3 is 2.65 bits per heavy atom. The maximum atomic E-state index is 13.9. The van der Waals surface area contributed by atoms with E-state index in [1.54, 1.807) is 0 Å². The first-order chi connectivity index (χ1) is 9.65. The summed E-state index contributed by atoms with van der Waals surface area (Å²) >= 11 is 0. The van der Waals surface area contributed by atoms with Crippen LogP contribution in [-0.2, 0) is 0 Å². The molecule has 0 aliphatic carbocycles. The van der Waals surface area contributed by atoms with E-state index in [-0.39, 0.29) is 17.4 Å². The van der Waals surface area contributed by atoms with Gasteiger partial charge in [0.1, 0.15) is 5.82 Å². The van der Waals surface area contributed by atoms with E-state index in [2.05, 4.69) is 10.6 Å². The molecule has 5 nitrogen and oxygen atoms in total. The molecule has 0 radical (unpaired) electrons. The summed E-state index contributed by atoms with van der Waals surface area (Å²) in [4.78, 5) is 12.1. The van der Waals surface area contributed by atoms with Gasteiger partial charge in [0.25, 0.3) is 5.91 Å². The Labute approximate surface area is 117 Å². The molecular formula is C14H19FN2O3. The molecule has 0 bridgehead atoms. The van der Waals surface area contributed by atoms with E-state index < -0.39 is 11.7 Å². The first kappa shape index (κ1) is 14.6. The fraction of sp³-hybridized carbons (Fsp3) is 0.500. The highest BCUT2D eigenvalue weighted by Crippen LogP contribution is 2.29. The minimum Gasteiger partial charge on any atom is -0.493 e. The van der Waals surface area contributed by atoms with Crippen molar-refractivity contribution < 1.29 is 18.7 Å². The molecular weight excluding hydrogens is 263 g/mol. The van der Waals surface area contributed by atoms with Gasteiger partial charge in [0.2, 0.25) is 0 Å². The van der Waals surface area contributed by atoms with E-state index in [9.17, 15) is 9.18 Å². The predicted octanol–water partition coefficient (Wildman–Crippen LogP) is 1.32. The lowest BCUT2D eigenvalue weighted by molar-refractivity contribution is 0.0926. The van der Waals surface area contributed by atoms with Gasteiger partial charge < -0.3 is 20.1 Å². The number of carbonyl (C=O) groups excluding carboxylic acids is 1. The van der Waals surface area contributed by atoms with Gasteiger partial charge in [-0.25, -0.2) is 4.39 Å². The zero-order valence-electron chi connectivity index (χ0n) is 11.7. The quantitative estimate of drug-likeness (QED) is 0.874. The van der Waals surface area contributed by atoms with E-state index in [0.717, 1.165) is 25.5 Å². The van der Waals surface area contributed by atoms with Crippen LogP contribution in [0.3, 0.4) is 0 Å². The van der Waals surface area contributed by atoms with E-state index >= 15 is 0 Å². The van der Waals surface area contributed by atoms with Gasteiger partial charge in [-0.1, -0.05) is 0 Å². The molecule has 1 aromatic rings. The predicted molar refractivity (Wildman–Crippen MR) is 72.9 cm³/mol. The molecule has 0 aromatic heterocycles. The van der Waals surface area contributed by atoms with Crippen LogP contribution < -0.4 is 20.1 Å². The van der Waals surface area contributed by atoms with Crippen LogP contribution in [0.5, 0.6) is 11.5 Å². The number of rotatable bonds is 4. The largest absolute Gasteiger partial charge is 0.493 e. The number of methoxy groups -OCH3 is 2. The van der Waals surface area contributed by atoms with Crippen LogP contribution in [-0.4, -0.2) is 39.3 Å². The van der Waals surface area contributed by atoms with Crippen LogP contribution in [0.4, 0.5) is 4.39 Å². The van der Waals surface area contributed by atoms with Crippen molar-refractivity contribution in [3.05, 3.63) is 23.5 Å². The number of nitrogens with one attached hydrogen (secondary N) is 2. The molecule has 20 heavy (non-hydrogen) atoms. The Bertz CT molecular complexity index is 488. The van der Waals surface area contributed by atoms with Crippen LogP contribution in [0.15, 0.2) is 12.1 Å². The molecule has 1 saturated heterocycles. The van der Waals surface area contributed by atoms with E-state index in [4.69, 9.17) is 9.47 Å². The summed E-state index contributed by atoms with van der Waals surface area (Å²) in [6.45, 7) is 1.66. The second kappa shape index (κ2) is 6.56. The lowest BCUT2D eigenvalue weighted by Crippen LogP contribution is -2.45. The second-order valence-electron chi connectivity index (χ2n) is 4.70. The molecule has 1 heterocycles. The molecule has 1 fully saturated rings. The molecule has 0 spiro atoms. The minimum atomic E-state index is -0.621. The van der Waals surface area contributed by atoms with Crippen molar-refractivity contribution in [3.8, 4) is 11.5 Å². The van der Waals surface area contributed by atoms with Gasteiger partial charge in [-0.05, 0) is 25.5 Å². The van der Waals surface area contributed by atoms with Crippen molar-refractivity contribution in [2.75, 3.05) is 27.3 Å². The Balaban J connectivity index is 2.16. The number of carbonyl (C=O) groups is 1. The number of ether oxygens (including phenoxy) is 2. The normalized spacial score (nSPS) is 18.4. The maximum absolute atomic E-state index is 13.9. The molecule has 1 unspecified atom stereocenters. The van der Waals surface area contributed by atoms with Crippen molar-refractivity contribution in [2.45, 2.75) is 18.9 Å². The van der Waals surface area contributed by atoms with Gasteiger partial charge in [0.05, 0.1) is 19.8 Å². The number of amides is 1. The van der Waals surface area contributed by atoms with Gasteiger partial charge in [-0.15, -0.1) is 0 Å². The average molecular weight is 282 g/mol. The SMILES string of the molecule is COc1cc(F)c(C(=O)NC2CCCNC2)cc1OC. The molecule has 1 aromatic carbocycles. The third-order valence-electron chi connectivity index (χ3n) is 3.35. The third-order valence-corrected chi connectivity index (χ3v) is 3.35. The molecule has 1 atom stereocenters. The summed E-state index contributed by atoms with van der Waals surface area (Å²) in [6.07, 6.45) is 1.90. The number of hydrogen-bond donors (Lipinski definition) is 2. The first-order valence-corrected chi connectivity index (χ1v) is 6.58. The Kier molecular flexibility index (Phi) is 4.79. The van der Waals surface area contributed by atoms with E-state index in [1.807, 2.05) is 0 Å². The molecule has 1 amide bonds. The third kappa shape index (κ3) is 3.19. The molecule has 1 aliphatic rings. The highest BCUT2D eigenvalue weighted by molar-refractivity contribution is 5.95. The van der Waals surface area contributed by atoms with Crippen molar-refractivity contribution in [2.24, 2.45) is 0 Å². The van der Waals surface area contributed by atoms with Crippen LogP contribution in [0.1, 0.15) is 23.2 Å². The highest BCUT2D eigenvalue weighted by Gasteiger charge is 2.21. The Hall–Kier alpha value is -1.82. The minimum absolute atomic E-state index is 0.0312. The second-order valence-corrected chi connectivity index (χ2v) is 4.70. The number of halogens is 1. The number of benzene rings is 1. The highest BCUT2D eigenvalue weighted by atomic mass is 19.1. The summed E-state index contributed by atoms with van der Waals surface area (Å²) in [5.41, 5.74) is -0.0341. The first-order valence-electron chi connectivity index (χ1n) is 6.58. The summed E-state index contributed by atoms with van der Waals surface area (Å²) in [5, 5.41) is 6.02. The lowest BCUT2D eigenvalue weighted by atomic mass is 10.1. The number of piperidine rings is 1. The van der Waals surface area contributed by atoms with Gasteiger partial charge in [0.15, 0.2) is 11.5 Å². The smallest absolute Gasteiger partial charge is 0.254 e. The zero-order valence-corrected chi connectivity index (χ0v) is 11.7. The lowest BCUT2D eigenvalue weighted by Gasteiger charge is -2.24. The zero-order chi connectivity index (χ0) is 14.5. The summed E-state index contributed by atoms with van der Waals surface area (Å²) in [7, 11) is 2.87. The summed E-state index contributed by atoms with van der Waals surface area (Å²) in [6, 6.07) is 2.55. The van der Waals surface area contributed by atoms with E-state index in [1.165, 1.54) is 20.3 Å². The van der Waals surface area contributed by atoms with Crippen LogP contribution >= 0.6 is 0 Å². The van der Waals surface area contributed by atoms with E-state index in [0.29, 0.717) is 12.3 Å². The van der Waals surface area contributed by atoms with Gasteiger partial charge in [0, 0.05) is 18.7 Å². The maximum Gasteiger partial charge on any atom is 0.254 e. The summed E-state index contributed by atoms with van der Waals surface area (Å²) < 4.78 is 24.0. The van der Waals surface area contributed by atoms with Crippen LogP contribution in [0, 0.1) is 5.82 Å². The van der Waals surface area contributed by atoms with Gasteiger partial charge in [-0.2, -0.15) is 0 Å².